The molecule has 2 aromatic carbocycles. The molecular formula is C21H16ClN3O2S. The third-order valence-corrected chi connectivity index (χ3v) is 5.60. The molecule has 0 atom stereocenters. The molecule has 0 saturated carbocycles. The van der Waals surface area contributed by atoms with E-state index >= 15 is 0 Å². The Labute approximate surface area is 171 Å². The molecule has 0 N–H and O–H groups in total. The van der Waals surface area contributed by atoms with Crippen molar-refractivity contribution in [3.05, 3.63) is 83.1 Å². The Morgan fingerprint density at radius 1 is 1.14 bits per heavy atom. The van der Waals surface area contributed by atoms with E-state index in [1.54, 1.807) is 42.5 Å². The molecule has 4 aromatic rings. The van der Waals surface area contributed by atoms with E-state index in [0.29, 0.717) is 22.3 Å². The molecule has 0 saturated heterocycles. The number of thiazole rings is 1. The van der Waals surface area contributed by atoms with E-state index in [4.69, 9.17) is 16.3 Å². The molecule has 0 spiro atoms. The number of benzene rings is 2. The molecule has 28 heavy (non-hydrogen) atoms. The lowest BCUT2D eigenvalue weighted by Gasteiger charge is -2.20. The predicted octanol–water partition coefficient (Wildman–Crippen LogP) is 5.20. The van der Waals surface area contributed by atoms with Crippen molar-refractivity contribution < 1.29 is 9.53 Å². The van der Waals surface area contributed by atoms with E-state index in [0.717, 1.165) is 21.7 Å². The van der Waals surface area contributed by atoms with Crippen LogP contribution in [-0.4, -0.2) is 23.0 Å². The molecule has 0 aliphatic heterocycles. The van der Waals surface area contributed by atoms with Gasteiger partial charge in [-0.1, -0.05) is 41.1 Å². The molecule has 140 valence electrons. The Bertz CT molecular complexity index is 1130. The van der Waals surface area contributed by atoms with Gasteiger partial charge >= 0.3 is 0 Å². The summed E-state index contributed by atoms with van der Waals surface area (Å²) in [6.07, 6.45) is 1.71. The second-order valence-electron chi connectivity index (χ2n) is 6.02. The van der Waals surface area contributed by atoms with Crippen molar-refractivity contribution >= 4 is 44.2 Å². The molecule has 7 heteroatoms. The number of carbonyl (C=O) groups is 1. The Morgan fingerprint density at radius 2 is 1.96 bits per heavy atom. The summed E-state index contributed by atoms with van der Waals surface area (Å²) in [5.74, 6) is 0.500. The minimum absolute atomic E-state index is 0.220. The maximum Gasteiger partial charge on any atom is 0.261 e. The number of hydrogen-bond acceptors (Lipinski definition) is 5. The predicted molar refractivity (Wildman–Crippen MR) is 112 cm³/mol. The average molecular weight is 410 g/mol. The number of hydrogen-bond donors (Lipinski definition) is 0. The van der Waals surface area contributed by atoms with Crippen LogP contribution >= 0.6 is 22.9 Å². The van der Waals surface area contributed by atoms with Gasteiger partial charge in [0, 0.05) is 12.3 Å². The van der Waals surface area contributed by atoms with Crippen molar-refractivity contribution in [1.29, 1.82) is 0 Å². The molecule has 1 amide bonds. The summed E-state index contributed by atoms with van der Waals surface area (Å²) < 4.78 is 6.24. The minimum Gasteiger partial charge on any atom is -0.497 e. The summed E-state index contributed by atoms with van der Waals surface area (Å²) in [7, 11) is 1.61. The van der Waals surface area contributed by atoms with Crippen LogP contribution in [-0.2, 0) is 6.54 Å². The summed E-state index contributed by atoms with van der Waals surface area (Å²) in [4.78, 5) is 24.0. The maximum absolute atomic E-state index is 13.3. The molecule has 2 aromatic heterocycles. The van der Waals surface area contributed by atoms with E-state index < -0.39 is 0 Å². The van der Waals surface area contributed by atoms with Crippen molar-refractivity contribution in [3.63, 3.8) is 0 Å². The highest BCUT2D eigenvalue weighted by Gasteiger charge is 2.24. The van der Waals surface area contributed by atoms with Gasteiger partial charge in [-0.3, -0.25) is 14.7 Å². The van der Waals surface area contributed by atoms with Crippen LogP contribution in [0.1, 0.15) is 16.1 Å². The van der Waals surface area contributed by atoms with Crippen molar-refractivity contribution in [2.24, 2.45) is 0 Å². The van der Waals surface area contributed by atoms with Gasteiger partial charge in [-0.2, -0.15) is 0 Å². The first-order chi connectivity index (χ1) is 13.7. The normalized spacial score (nSPS) is 10.8. The molecule has 0 unspecified atom stereocenters. The van der Waals surface area contributed by atoms with E-state index in [1.165, 1.54) is 11.3 Å². The van der Waals surface area contributed by atoms with Gasteiger partial charge in [0.15, 0.2) is 5.13 Å². The standard InChI is InChI=1S/C21H16ClN3O2S/c1-27-15-9-10-19-18(12-15)24-21(28-19)25(13-14-6-4-5-11-23-14)20(26)16-7-2-3-8-17(16)22/h2-12H,13H2,1H3. The Morgan fingerprint density at radius 3 is 2.71 bits per heavy atom. The number of halogens is 1. The van der Waals surface area contributed by atoms with Crippen molar-refractivity contribution in [1.82, 2.24) is 9.97 Å². The molecule has 0 bridgehead atoms. The van der Waals surface area contributed by atoms with Crippen molar-refractivity contribution in [2.75, 3.05) is 12.0 Å². The van der Waals surface area contributed by atoms with Crippen LogP contribution in [0, 0.1) is 0 Å². The van der Waals surface area contributed by atoms with E-state index in [9.17, 15) is 4.79 Å². The third-order valence-electron chi connectivity index (χ3n) is 4.21. The number of fused-ring (bicyclic) bond motifs is 1. The molecule has 2 heterocycles. The van der Waals surface area contributed by atoms with Gasteiger partial charge in [-0.15, -0.1) is 0 Å². The van der Waals surface area contributed by atoms with Crippen molar-refractivity contribution in [2.45, 2.75) is 6.54 Å². The number of ether oxygens (including phenoxy) is 1. The summed E-state index contributed by atoms with van der Waals surface area (Å²) in [6.45, 7) is 0.294. The number of amides is 1. The first-order valence-corrected chi connectivity index (χ1v) is 9.76. The third kappa shape index (κ3) is 3.69. The minimum atomic E-state index is -0.220. The van der Waals surface area contributed by atoms with Crippen LogP contribution in [0.15, 0.2) is 66.9 Å². The quantitative estimate of drug-likeness (QED) is 0.454. The van der Waals surface area contributed by atoms with Gasteiger partial charge < -0.3 is 4.74 Å². The first-order valence-electron chi connectivity index (χ1n) is 8.56. The Hall–Kier alpha value is -2.96. The second kappa shape index (κ2) is 7.96. The lowest BCUT2D eigenvalue weighted by molar-refractivity contribution is 0.0985. The largest absolute Gasteiger partial charge is 0.497 e. The highest BCUT2D eigenvalue weighted by Crippen LogP contribution is 2.33. The fourth-order valence-corrected chi connectivity index (χ4v) is 3.96. The van der Waals surface area contributed by atoms with Crippen LogP contribution in [0.25, 0.3) is 10.2 Å². The van der Waals surface area contributed by atoms with E-state index in [1.807, 2.05) is 36.4 Å². The SMILES string of the molecule is COc1ccc2sc(N(Cc3ccccn3)C(=O)c3ccccc3Cl)nc2c1. The molecular weight excluding hydrogens is 394 g/mol. The fourth-order valence-electron chi connectivity index (χ4n) is 2.80. The maximum atomic E-state index is 13.3. The van der Waals surface area contributed by atoms with Crippen LogP contribution in [0.5, 0.6) is 5.75 Å². The lowest BCUT2D eigenvalue weighted by atomic mass is 10.2. The van der Waals surface area contributed by atoms with Gasteiger partial charge in [-0.05, 0) is 36.4 Å². The number of methoxy groups -OCH3 is 1. The number of anilines is 1. The zero-order valence-electron chi connectivity index (χ0n) is 15.0. The van der Waals surface area contributed by atoms with Crippen LogP contribution in [0.2, 0.25) is 5.02 Å². The fraction of sp³-hybridized carbons (Fsp3) is 0.0952. The molecule has 0 radical (unpaired) electrons. The summed E-state index contributed by atoms with van der Waals surface area (Å²) in [5, 5.41) is 0.986. The van der Waals surface area contributed by atoms with Crippen LogP contribution in [0.3, 0.4) is 0 Å². The number of aromatic nitrogens is 2. The summed E-state index contributed by atoms with van der Waals surface area (Å²) >= 11 is 7.72. The number of carbonyl (C=O) groups excluding carboxylic acids is 1. The summed E-state index contributed by atoms with van der Waals surface area (Å²) in [6, 6.07) is 18.3. The zero-order valence-corrected chi connectivity index (χ0v) is 16.6. The zero-order chi connectivity index (χ0) is 19.5. The van der Waals surface area contributed by atoms with Gasteiger partial charge in [0.05, 0.1) is 40.2 Å². The van der Waals surface area contributed by atoms with Crippen LogP contribution in [0.4, 0.5) is 5.13 Å². The Balaban J connectivity index is 1.78. The smallest absolute Gasteiger partial charge is 0.261 e. The topological polar surface area (TPSA) is 55.3 Å². The molecule has 0 aliphatic rings. The highest BCUT2D eigenvalue weighted by atomic mass is 35.5. The number of nitrogens with zero attached hydrogens (tertiary/aromatic N) is 3. The monoisotopic (exact) mass is 409 g/mol. The number of rotatable bonds is 5. The molecule has 4 rings (SSSR count). The van der Waals surface area contributed by atoms with Gasteiger partial charge in [-0.25, -0.2) is 4.98 Å². The van der Waals surface area contributed by atoms with Crippen LogP contribution < -0.4 is 9.64 Å². The highest BCUT2D eigenvalue weighted by molar-refractivity contribution is 7.22. The van der Waals surface area contributed by atoms with Crippen molar-refractivity contribution in [3.8, 4) is 5.75 Å². The number of pyridine rings is 1. The first kappa shape index (κ1) is 18.4. The lowest BCUT2D eigenvalue weighted by Crippen LogP contribution is -2.30. The van der Waals surface area contributed by atoms with Gasteiger partial charge in [0.1, 0.15) is 5.75 Å². The average Bonchev–Trinajstić information content (AvgIpc) is 3.15. The van der Waals surface area contributed by atoms with E-state index in [-0.39, 0.29) is 5.91 Å². The second-order valence-corrected chi connectivity index (χ2v) is 7.44. The molecule has 0 aliphatic carbocycles. The Kier molecular flexibility index (Phi) is 5.23. The van der Waals surface area contributed by atoms with E-state index in [2.05, 4.69) is 9.97 Å². The van der Waals surface area contributed by atoms with Gasteiger partial charge in [0.25, 0.3) is 5.91 Å². The molecule has 0 fully saturated rings. The van der Waals surface area contributed by atoms with Gasteiger partial charge in [0.2, 0.25) is 0 Å². The molecule has 5 nitrogen and oxygen atoms in total. The summed E-state index contributed by atoms with van der Waals surface area (Å²) in [5.41, 5.74) is 1.97.